The highest BCUT2D eigenvalue weighted by atomic mass is 16.5. The van der Waals surface area contributed by atoms with Crippen LogP contribution in [-0.4, -0.2) is 68.6 Å². The number of rotatable bonds is 6. The van der Waals surface area contributed by atoms with E-state index in [1.807, 2.05) is 6.07 Å². The van der Waals surface area contributed by atoms with Crippen LogP contribution in [0.3, 0.4) is 0 Å². The van der Waals surface area contributed by atoms with Crippen LogP contribution in [0.4, 0.5) is 5.69 Å². The van der Waals surface area contributed by atoms with Crippen LogP contribution in [0.15, 0.2) is 41.0 Å². The number of nitrogens with zero attached hydrogens (tertiary/aromatic N) is 2. The Bertz CT molecular complexity index is 783. The molecule has 0 unspecified atom stereocenters. The molecule has 0 saturated carbocycles. The molecule has 2 amide bonds. The molecule has 1 fully saturated rings. The molecule has 1 aromatic carbocycles. The van der Waals surface area contributed by atoms with E-state index < -0.39 is 0 Å². The van der Waals surface area contributed by atoms with Gasteiger partial charge in [0, 0.05) is 32.2 Å². The van der Waals surface area contributed by atoms with Crippen molar-refractivity contribution in [3.8, 4) is 11.5 Å². The van der Waals surface area contributed by atoms with Crippen LogP contribution in [0.1, 0.15) is 10.6 Å². The van der Waals surface area contributed by atoms with Crippen LogP contribution in [0.25, 0.3) is 0 Å². The number of nitrogens with one attached hydrogen (secondary N) is 1. The quantitative estimate of drug-likeness (QED) is 0.830. The number of carbonyl (C=O) groups is 2. The van der Waals surface area contributed by atoms with Crippen molar-refractivity contribution >= 4 is 17.5 Å². The van der Waals surface area contributed by atoms with Gasteiger partial charge >= 0.3 is 0 Å². The van der Waals surface area contributed by atoms with Crippen molar-refractivity contribution in [2.24, 2.45) is 0 Å². The van der Waals surface area contributed by atoms with Gasteiger partial charge in [0.15, 0.2) is 5.76 Å². The fourth-order valence-electron chi connectivity index (χ4n) is 2.94. The topological polar surface area (TPSA) is 84.3 Å². The Morgan fingerprint density at radius 3 is 2.44 bits per heavy atom. The van der Waals surface area contributed by atoms with Crippen molar-refractivity contribution in [1.82, 2.24) is 9.80 Å². The number of hydrogen-bond acceptors (Lipinski definition) is 6. The van der Waals surface area contributed by atoms with Gasteiger partial charge in [-0.2, -0.15) is 0 Å². The SMILES string of the molecule is COc1ccc(NCC(=O)N2CCN(C(=O)c3ccco3)CC2)c(OC)c1. The largest absolute Gasteiger partial charge is 0.497 e. The van der Waals surface area contributed by atoms with Gasteiger partial charge in [0.1, 0.15) is 11.5 Å². The van der Waals surface area contributed by atoms with Crippen LogP contribution in [-0.2, 0) is 4.79 Å². The van der Waals surface area contributed by atoms with E-state index in [9.17, 15) is 9.59 Å². The monoisotopic (exact) mass is 373 g/mol. The molecule has 1 N–H and O–H groups in total. The lowest BCUT2D eigenvalue weighted by Crippen LogP contribution is -2.51. The first-order valence-corrected chi connectivity index (χ1v) is 8.69. The van der Waals surface area contributed by atoms with E-state index in [0.717, 1.165) is 5.69 Å². The average molecular weight is 373 g/mol. The zero-order valence-corrected chi connectivity index (χ0v) is 15.4. The average Bonchev–Trinajstić information content (AvgIpc) is 3.26. The minimum Gasteiger partial charge on any atom is -0.497 e. The number of piperazine rings is 1. The number of anilines is 1. The number of benzene rings is 1. The number of methoxy groups -OCH3 is 2. The van der Waals surface area contributed by atoms with Crippen LogP contribution in [0.5, 0.6) is 11.5 Å². The maximum Gasteiger partial charge on any atom is 0.289 e. The normalized spacial score (nSPS) is 14.0. The molecule has 2 heterocycles. The van der Waals surface area contributed by atoms with E-state index in [1.165, 1.54) is 6.26 Å². The number of ether oxygens (including phenoxy) is 2. The fourth-order valence-corrected chi connectivity index (χ4v) is 2.94. The highest BCUT2D eigenvalue weighted by molar-refractivity contribution is 5.91. The zero-order chi connectivity index (χ0) is 19.2. The minimum absolute atomic E-state index is 0.0297. The molecule has 8 nitrogen and oxygen atoms in total. The van der Waals surface area contributed by atoms with Crippen LogP contribution >= 0.6 is 0 Å². The van der Waals surface area contributed by atoms with Gasteiger partial charge in [-0.15, -0.1) is 0 Å². The molecule has 1 aliphatic rings. The zero-order valence-electron chi connectivity index (χ0n) is 15.4. The number of carbonyl (C=O) groups excluding carboxylic acids is 2. The predicted molar refractivity (Wildman–Crippen MR) is 99.2 cm³/mol. The van der Waals surface area contributed by atoms with E-state index in [0.29, 0.717) is 43.4 Å². The summed E-state index contributed by atoms with van der Waals surface area (Å²) in [6, 6.07) is 8.70. The van der Waals surface area contributed by atoms with Crippen molar-refractivity contribution in [3.05, 3.63) is 42.4 Å². The molecule has 1 saturated heterocycles. The first kappa shape index (κ1) is 18.6. The maximum atomic E-state index is 12.5. The second-order valence-corrected chi connectivity index (χ2v) is 6.07. The van der Waals surface area contributed by atoms with E-state index in [1.54, 1.807) is 48.3 Å². The predicted octanol–water partition coefficient (Wildman–Crippen LogP) is 1.69. The lowest BCUT2D eigenvalue weighted by Gasteiger charge is -2.34. The third-order valence-electron chi connectivity index (χ3n) is 4.49. The summed E-state index contributed by atoms with van der Waals surface area (Å²) >= 11 is 0. The Kier molecular flexibility index (Phi) is 5.85. The van der Waals surface area contributed by atoms with Gasteiger partial charge in [0.25, 0.3) is 5.91 Å². The van der Waals surface area contributed by atoms with Gasteiger partial charge in [-0.25, -0.2) is 0 Å². The lowest BCUT2D eigenvalue weighted by atomic mass is 10.2. The van der Waals surface area contributed by atoms with Crippen molar-refractivity contribution in [2.45, 2.75) is 0 Å². The molecule has 8 heteroatoms. The summed E-state index contributed by atoms with van der Waals surface area (Å²) in [5.74, 6) is 1.44. The molecular formula is C19H23N3O5. The molecule has 0 radical (unpaired) electrons. The molecule has 0 atom stereocenters. The molecule has 0 bridgehead atoms. The van der Waals surface area contributed by atoms with Crippen LogP contribution in [0, 0.1) is 0 Å². The van der Waals surface area contributed by atoms with E-state index >= 15 is 0 Å². The third kappa shape index (κ3) is 4.33. The molecule has 1 aromatic heterocycles. The summed E-state index contributed by atoms with van der Waals surface area (Å²) in [6.45, 7) is 2.10. The molecule has 27 heavy (non-hydrogen) atoms. The summed E-state index contributed by atoms with van der Waals surface area (Å²) in [5, 5.41) is 3.10. The summed E-state index contributed by atoms with van der Waals surface area (Å²) in [4.78, 5) is 28.2. The van der Waals surface area contributed by atoms with Gasteiger partial charge in [0.05, 0.1) is 32.7 Å². The van der Waals surface area contributed by atoms with Crippen molar-refractivity contribution in [3.63, 3.8) is 0 Å². The first-order chi connectivity index (χ1) is 13.1. The molecule has 3 rings (SSSR count). The third-order valence-corrected chi connectivity index (χ3v) is 4.49. The first-order valence-electron chi connectivity index (χ1n) is 8.69. The second kappa shape index (κ2) is 8.48. The van der Waals surface area contributed by atoms with Crippen molar-refractivity contribution in [1.29, 1.82) is 0 Å². The Hall–Kier alpha value is -3.16. The Balaban J connectivity index is 1.51. The molecule has 1 aliphatic heterocycles. The summed E-state index contributed by atoms with van der Waals surface area (Å²) in [5.41, 5.74) is 0.721. The highest BCUT2D eigenvalue weighted by Gasteiger charge is 2.25. The molecule has 2 aromatic rings. The Labute approximate surface area is 157 Å². The smallest absolute Gasteiger partial charge is 0.289 e. The summed E-state index contributed by atoms with van der Waals surface area (Å²) in [6.07, 6.45) is 1.48. The van der Waals surface area contributed by atoms with Gasteiger partial charge in [0.2, 0.25) is 5.91 Å². The molecule has 144 valence electrons. The summed E-state index contributed by atoms with van der Waals surface area (Å²) < 4.78 is 15.6. The molecule has 0 spiro atoms. The number of hydrogen-bond donors (Lipinski definition) is 1. The van der Waals surface area contributed by atoms with Crippen LogP contribution in [0.2, 0.25) is 0 Å². The number of amides is 2. The van der Waals surface area contributed by atoms with Gasteiger partial charge < -0.3 is 29.0 Å². The maximum absolute atomic E-state index is 12.5. The fraction of sp³-hybridized carbons (Fsp3) is 0.368. The van der Waals surface area contributed by atoms with Crippen molar-refractivity contribution < 1.29 is 23.5 Å². The van der Waals surface area contributed by atoms with Gasteiger partial charge in [-0.3, -0.25) is 9.59 Å². The minimum atomic E-state index is -0.145. The lowest BCUT2D eigenvalue weighted by molar-refractivity contribution is -0.130. The molecular weight excluding hydrogens is 350 g/mol. The highest BCUT2D eigenvalue weighted by Crippen LogP contribution is 2.28. The van der Waals surface area contributed by atoms with Gasteiger partial charge in [-0.05, 0) is 24.3 Å². The number of furan rings is 1. The van der Waals surface area contributed by atoms with E-state index in [2.05, 4.69) is 5.32 Å². The van der Waals surface area contributed by atoms with Crippen LogP contribution < -0.4 is 14.8 Å². The Morgan fingerprint density at radius 1 is 1.07 bits per heavy atom. The Morgan fingerprint density at radius 2 is 1.81 bits per heavy atom. The van der Waals surface area contributed by atoms with Crippen molar-refractivity contribution in [2.75, 3.05) is 52.3 Å². The van der Waals surface area contributed by atoms with E-state index in [4.69, 9.17) is 13.9 Å². The standard InChI is InChI=1S/C19H23N3O5/c1-25-14-5-6-15(17(12-14)26-2)20-13-18(23)21-7-9-22(10-8-21)19(24)16-4-3-11-27-16/h3-6,11-12,20H,7-10,13H2,1-2H3. The summed E-state index contributed by atoms with van der Waals surface area (Å²) in [7, 11) is 3.15. The van der Waals surface area contributed by atoms with Gasteiger partial charge in [-0.1, -0.05) is 0 Å². The van der Waals surface area contributed by atoms with E-state index in [-0.39, 0.29) is 18.4 Å². The second-order valence-electron chi connectivity index (χ2n) is 6.07. The molecule has 0 aliphatic carbocycles.